The van der Waals surface area contributed by atoms with Crippen molar-refractivity contribution in [1.29, 1.82) is 5.26 Å². The molecule has 0 radical (unpaired) electrons. The Bertz CT molecular complexity index is 582. The van der Waals surface area contributed by atoms with Crippen LogP contribution in [0.15, 0.2) is 42.1 Å². The molecule has 0 aromatic heterocycles. The van der Waals surface area contributed by atoms with E-state index in [1.165, 1.54) is 0 Å². The maximum atomic E-state index is 12.5. The fourth-order valence-corrected chi connectivity index (χ4v) is 2.58. The Labute approximate surface area is 131 Å². The average molecular weight is 299 g/mol. The van der Waals surface area contributed by atoms with Crippen LogP contribution in [0.25, 0.3) is 0 Å². The Balaban J connectivity index is 2.15. The number of carbonyl (C=O) groups is 1. The van der Waals surface area contributed by atoms with Gasteiger partial charge in [-0.2, -0.15) is 5.26 Å². The lowest BCUT2D eigenvalue weighted by Crippen LogP contribution is -2.48. The number of benzene rings is 1. The van der Waals surface area contributed by atoms with Crippen molar-refractivity contribution >= 4 is 11.6 Å². The SMILES string of the molecule is CC1CN(C(=O)/C(C#N)=C\N(C)c2ccccc2)CC(C)O1. The van der Waals surface area contributed by atoms with Gasteiger partial charge in [0.05, 0.1) is 12.2 Å². The zero-order valence-electron chi connectivity index (χ0n) is 13.2. The molecule has 2 rings (SSSR count). The lowest BCUT2D eigenvalue weighted by molar-refractivity contribution is -0.138. The van der Waals surface area contributed by atoms with Gasteiger partial charge >= 0.3 is 0 Å². The van der Waals surface area contributed by atoms with Gasteiger partial charge < -0.3 is 14.5 Å². The highest BCUT2D eigenvalue weighted by Gasteiger charge is 2.28. The molecule has 5 heteroatoms. The number of nitriles is 1. The first-order chi connectivity index (χ1) is 10.5. The van der Waals surface area contributed by atoms with Gasteiger partial charge in [0.15, 0.2) is 0 Å². The Morgan fingerprint density at radius 2 is 1.91 bits per heavy atom. The fraction of sp³-hybridized carbons (Fsp3) is 0.412. The number of amides is 1. The van der Waals surface area contributed by atoms with Gasteiger partial charge in [0, 0.05) is 32.0 Å². The molecule has 5 nitrogen and oxygen atoms in total. The van der Waals surface area contributed by atoms with E-state index in [2.05, 4.69) is 0 Å². The highest BCUT2D eigenvalue weighted by molar-refractivity contribution is 5.97. The highest BCUT2D eigenvalue weighted by atomic mass is 16.5. The molecule has 0 N–H and O–H groups in total. The number of hydrogen-bond donors (Lipinski definition) is 0. The smallest absolute Gasteiger partial charge is 0.266 e. The van der Waals surface area contributed by atoms with E-state index < -0.39 is 0 Å². The number of anilines is 1. The van der Waals surface area contributed by atoms with Crippen LogP contribution in [0, 0.1) is 11.3 Å². The molecule has 22 heavy (non-hydrogen) atoms. The van der Waals surface area contributed by atoms with Crippen molar-refractivity contribution in [2.75, 3.05) is 25.0 Å². The van der Waals surface area contributed by atoms with E-state index in [0.29, 0.717) is 13.1 Å². The first kappa shape index (κ1) is 16.1. The van der Waals surface area contributed by atoms with Crippen molar-refractivity contribution in [1.82, 2.24) is 4.90 Å². The summed E-state index contributed by atoms with van der Waals surface area (Å²) in [6.45, 7) is 4.89. The van der Waals surface area contributed by atoms with Gasteiger partial charge in [-0.1, -0.05) is 18.2 Å². The first-order valence-corrected chi connectivity index (χ1v) is 7.35. The normalized spacial score (nSPS) is 22.1. The van der Waals surface area contributed by atoms with Gasteiger partial charge in [0.2, 0.25) is 0 Å². The number of ether oxygens (including phenoxy) is 1. The average Bonchev–Trinajstić information content (AvgIpc) is 2.51. The molecule has 0 saturated carbocycles. The standard InChI is InChI=1S/C17H21N3O2/c1-13-10-20(11-14(2)22-13)17(21)15(9-18)12-19(3)16-7-5-4-6-8-16/h4-8,12-14H,10-11H2,1-3H3/b15-12-. The number of nitrogens with zero attached hydrogens (tertiary/aromatic N) is 3. The zero-order valence-corrected chi connectivity index (χ0v) is 13.2. The molecule has 1 aromatic rings. The van der Waals surface area contributed by atoms with E-state index >= 15 is 0 Å². The van der Waals surface area contributed by atoms with Crippen LogP contribution in [0.5, 0.6) is 0 Å². The maximum absolute atomic E-state index is 12.5. The predicted molar refractivity (Wildman–Crippen MR) is 85.1 cm³/mol. The summed E-state index contributed by atoms with van der Waals surface area (Å²) < 4.78 is 5.62. The van der Waals surface area contributed by atoms with E-state index in [9.17, 15) is 10.1 Å². The van der Waals surface area contributed by atoms with E-state index in [-0.39, 0.29) is 23.7 Å². The minimum Gasteiger partial charge on any atom is -0.372 e. The molecular formula is C17H21N3O2. The van der Waals surface area contributed by atoms with E-state index in [1.807, 2.05) is 57.3 Å². The molecule has 1 aromatic carbocycles. The molecule has 0 bridgehead atoms. The van der Waals surface area contributed by atoms with Crippen LogP contribution in [0.3, 0.4) is 0 Å². The molecule has 2 atom stereocenters. The Morgan fingerprint density at radius 3 is 2.45 bits per heavy atom. The van der Waals surface area contributed by atoms with Crippen LogP contribution in [0.4, 0.5) is 5.69 Å². The summed E-state index contributed by atoms with van der Waals surface area (Å²) in [5.74, 6) is -0.243. The predicted octanol–water partition coefficient (Wildman–Crippen LogP) is 2.17. The second kappa shape index (κ2) is 7.10. The zero-order chi connectivity index (χ0) is 16.1. The number of morpholine rings is 1. The van der Waals surface area contributed by atoms with E-state index in [0.717, 1.165) is 5.69 Å². The Kier molecular flexibility index (Phi) is 5.18. The minimum atomic E-state index is -0.243. The number of rotatable bonds is 3. The molecule has 0 aliphatic carbocycles. The molecule has 1 amide bonds. The number of para-hydroxylation sites is 1. The molecule has 116 valence electrons. The van der Waals surface area contributed by atoms with Crippen molar-refractivity contribution in [3.05, 3.63) is 42.1 Å². The van der Waals surface area contributed by atoms with Crippen molar-refractivity contribution in [3.63, 3.8) is 0 Å². The second-order valence-corrected chi connectivity index (χ2v) is 5.57. The third-order valence-corrected chi connectivity index (χ3v) is 3.54. The molecule has 0 spiro atoms. The summed E-state index contributed by atoms with van der Waals surface area (Å²) in [5, 5.41) is 9.33. The van der Waals surface area contributed by atoms with Crippen LogP contribution in [0.1, 0.15) is 13.8 Å². The Morgan fingerprint density at radius 1 is 1.32 bits per heavy atom. The second-order valence-electron chi connectivity index (χ2n) is 5.57. The van der Waals surface area contributed by atoms with Gasteiger partial charge in [-0.25, -0.2) is 0 Å². The first-order valence-electron chi connectivity index (χ1n) is 7.35. The van der Waals surface area contributed by atoms with Crippen molar-refractivity contribution in [2.45, 2.75) is 26.1 Å². The summed E-state index contributed by atoms with van der Waals surface area (Å²) in [6, 6.07) is 11.6. The molecule has 1 aliphatic rings. The molecular weight excluding hydrogens is 278 g/mol. The van der Waals surface area contributed by atoms with Gasteiger partial charge in [0.1, 0.15) is 11.6 Å². The van der Waals surface area contributed by atoms with E-state index in [1.54, 1.807) is 16.0 Å². The maximum Gasteiger partial charge on any atom is 0.266 e. The Hall–Kier alpha value is -2.32. The lowest BCUT2D eigenvalue weighted by atomic mass is 10.2. The monoisotopic (exact) mass is 299 g/mol. The van der Waals surface area contributed by atoms with Crippen molar-refractivity contribution in [2.24, 2.45) is 0 Å². The van der Waals surface area contributed by atoms with E-state index in [4.69, 9.17) is 4.74 Å². The summed E-state index contributed by atoms with van der Waals surface area (Å²) in [5.41, 5.74) is 1.06. The largest absolute Gasteiger partial charge is 0.372 e. The molecule has 1 aliphatic heterocycles. The van der Waals surface area contributed by atoms with Crippen LogP contribution in [-0.4, -0.2) is 43.2 Å². The van der Waals surface area contributed by atoms with Gasteiger partial charge in [0.25, 0.3) is 5.91 Å². The summed E-state index contributed by atoms with van der Waals surface area (Å²) in [4.78, 5) is 16.0. The number of carbonyl (C=O) groups excluding carboxylic acids is 1. The lowest BCUT2D eigenvalue weighted by Gasteiger charge is -2.35. The molecule has 1 saturated heterocycles. The van der Waals surface area contributed by atoms with Gasteiger partial charge in [-0.05, 0) is 26.0 Å². The van der Waals surface area contributed by atoms with Crippen LogP contribution >= 0.6 is 0 Å². The molecule has 1 heterocycles. The molecule has 1 fully saturated rings. The summed E-state index contributed by atoms with van der Waals surface area (Å²) >= 11 is 0. The van der Waals surface area contributed by atoms with Crippen LogP contribution < -0.4 is 4.90 Å². The topological polar surface area (TPSA) is 56.6 Å². The summed E-state index contributed by atoms with van der Waals surface area (Å²) in [6.07, 6.45) is 1.56. The van der Waals surface area contributed by atoms with Crippen LogP contribution in [0.2, 0.25) is 0 Å². The minimum absolute atomic E-state index is 0.0144. The van der Waals surface area contributed by atoms with Crippen molar-refractivity contribution in [3.8, 4) is 6.07 Å². The van der Waals surface area contributed by atoms with Gasteiger partial charge in [-0.3, -0.25) is 4.79 Å². The van der Waals surface area contributed by atoms with Gasteiger partial charge in [-0.15, -0.1) is 0 Å². The fourth-order valence-electron chi connectivity index (χ4n) is 2.58. The van der Waals surface area contributed by atoms with Crippen LogP contribution in [-0.2, 0) is 9.53 Å². The third kappa shape index (κ3) is 3.86. The van der Waals surface area contributed by atoms with Crippen molar-refractivity contribution < 1.29 is 9.53 Å². The quantitative estimate of drug-likeness (QED) is 0.634. The highest BCUT2D eigenvalue weighted by Crippen LogP contribution is 2.16. The summed E-state index contributed by atoms with van der Waals surface area (Å²) in [7, 11) is 1.82. The number of hydrogen-bond acceptors (Lipinski definition) is 4. The third-order valence-electron chi connectivity index (χ3n) is 3.54. The molecule has 2 unspecified atom stereocenters.